The number of halogens is 3. The van der Waals surface area contributed by atoms with E-state index in [0.717, 1.165) is 51.8 Å². The van der Waals surface area contributed by atoms with Crippen LogP contribution < -0.4 is 0 Å². The van der Waals surface area contributed by atoms with Crippen molar-refractivity contribution in [3.8, 4) is 0 Å². The first kappa shape index (κ1) is 89.2. The molecule has 0 saturated heterocycles. The van der Waals surface area contributed by atoms with Crippen LogP contribution in [0.3, 0.4) is 0 Å². The number of hydrogen-bond acceptors (Lipinski definition) is 0. The van der Waals surface area contributed by atoms with Crippen molar-refractivity contribution in [2.24, 2.45) is 117 Å². The van der Waals surface area contributed by atoms with Crippen LogP contribution in [-0.4, -0.2) is 6.18 Å². The van der Waals surface area contributed by atoms with E-state index in [1.807, 2.05) is 0 Å². The normalized spacial score (nSPS) is 29.7. The third kappa shape index (κ3) is 33.8. The molecule has 0 nitrogen and oxygen atoms in total. The Balaban J connectivity index is 0.000000237. The van der Waals surface area contributed by atoms with Crippen molar-refractivity contribution in [1.82, 2.24) is 0 Å². The van der Waals surface area contributed by atoms with Gasteiger partial charge in [-0.25, -0.2) is 0 Å². The van der Waals surface area contributed by atoms with Gasteiger partial charge in [-0.2, -0.15) is 13.2 Å². The van der Waals surface area contributed by atoms with Crippen molar-refractivity contribution < 1.29 is 13.2 Å². The van der Waals surface area contributed by atoms with Gasteiger partial charge in [-0.3, -0.25) is 0 Å². The van der Waals surface area contributed by atoms with Crippen molar-refractivity contribution in [1.29, 1.82) is 0 Å². The summed E-state index contributed by atoms with van der Waals surface area (Å²) in [6.45, 7) is 66.5. The van der Waals surface area contributed by atoms with Crippen molar-refractivity contribution in [2.75, 3.05) is 0 Å². The summed E-state index contributed by atoms with van der Waals surface area (Å²) < 4.78 is 34.5. The molecule has 11 aliphatic rings. The molecule has 0 bridgehead atoms. The average molecular weight is 1370 g/mol. The van der Waals surface area contributed by atoms with E-state index in [4.69, 9.17) is 0 Å². The Labute approximate surface area is 609 Å². The highest BCUT2D eigenvalue weighted by atomic mass is 19.4. The fourth-order valence-electron chi connectivity index (χ4n) is 26.1. The standard InChI is InChI=1S/C16H30.C14H26.C12H22.2C12H24.C11H20.C11H22.C6H11F3/c1-13-6-8-16(9-7-13)11-14(2,3)10-15(4,5)12-16;1-12-4-6-14(7-5-12)10-8-13(2,3)9-11-14;1-11-5-9-12(10-6-11)7-3-2-4-8-12;1-10(2)7-11(3,4)9-12(5,6)8-10;1-6-10-7-11(2,3)9-12(4,5)8-10;1-10-4-8-11(9-5-10)6-2-3-7-11;1-9-6-10(2,3)8-11(4,5)7-9;1-3-5(2)4-6(7,8)9/h13H,6-12H2,1-5H3;12H,4-11H2,1-3H3;11H,2-10H2,1H3;7-9H2,1-6H3;10H,6-9H2,1-5H3;10H,2-9H2,1H3;9H,6-8H2,1-5H3;5H,3-4H2,1-2H3/t;;;;;;;5-/m.......0/s1. The molecular formula is C94H179F3. The Kier molecular flexibility index (Phi) is 33.0. The lowest BCUT2D eigenvalue weighted by atomic mass is 9.51. The highest BCUT2D eigenvalue weighted by Crippen LogP contribution is 2.61. The van der Waals surface area contributed by atoms with Crippen molar-refractivity contribution >= 4 is 0 Å². The molecule has 0 amide bonds. The van der Waals surface area contributed by atoms with E-state index in [1.165, 1.54) is 218 Å². The topological polar surface area (TPSA) is 0 Å². The number of alkyl halides is 3. The highest BCUT2D eigenvalue weighted by molar-refractivity contribution is 5.00. The lowest BCUT2D eigenvalue weighted by Gasteiger charge is -2.54. The van der Waals surface area contributed by atoms with E-state index in [0.29, 0.717) is 66.0 Å². The van der Waals surface area contributed by atoms with Crippen LogP contribution in [0, 0.1) is 117 Å². The number of rotatable bonds is 3. The van der Waals surface area contributed by atoms with Gasteiger partial charge in [0, 0.05) is 6.42 Å². The van der Waals surface area contributed by atoms with Gasteiger partial charge in [0.2, 0.25) is 0 Å². The van der Waals surface area contributed by atoms with Gasteiger partial charge in [0.25, 0.3) is 0 Å². The third-order valence-electron chi connectivity index (χ3n) is 28.4. The van der Waals surface area contributed by atoms with Gasteiger partial charge >= 0.3 is 6.18 Å². The first-order valence-corrected chi connectivity index (χ1v) is 43.2. The molecule has 0 aromatic heterocycles. The average Bonchev–Trinajstić information content (AvgIpc) is 1.35. The van der Waals surface area contributed by atoms with Gasteiger partial charge in [0.1, 0.15) is 0 Å². The lowest BCUT2D eigenvalue weighted by molar-refractivity contribution is -0.143. The maximum absolute atomic E-state index is 11.5. The summed E-state index contributed by atoms with van der Waals surface area (Å²) in [4.78, 5) is 0. The van der Waals surface area contributed by atoms with Crippen LogP contribution >= 0.6 is 0 Å². The van der Waals surface area contributed by atoms with Gasteiger partial charge < -0.3 is 0 Å². The van der Waals surface area contributed by atoms with Gasteiger partial charge in [-0.05, 0) is 297 Å². The summed E-state index contributed by atoms with van der Waals surface area (Å²) >= 11 is 0. The molecule has 11 rings (SSSR count). The van der Waals surface area contributed by atoms with Gasteiger partial charge in [0.15, 0.2) is 0 Å². The van der Waals surface area contributed by atoms with Crippen LogP contribution in [0.5, 0.6) is 0 Å². The fraction of sp³-hybridized carbons (Fsp3) is 1.00. The fourth-order valence-corrected chi connectivity index (χ4v) is 26.1. The first-order chi connectivity index (χ1) is 44.1. The third-order valence-corrected chi connectivity index (χ3v) is 28.4. The smallest absolute Gasteiger partial charge is 0.171 e. The van der Waals surface area contributed by atoms with E-state index < -0.39 is 12.6 Å². The second kappa shape index (κ2) is 35.9. The van der Waals surface area contributed by atoms with Crippen LogP contribution in [-0.2, 0) is 0 Å². The number of hydrogen-bond donors (Lipinski definition) is 0. The van der Waals surface area contributed by atoms with Crippen LogP contribution in [0.25, 0.3) is 0 Å². The zero-order chi connectivity index (χ0) is 73.7. The molecule has 0 N–H and O–H groups in total. The summed E-state index contributed by atoms with van der Waals surface area (Å²) in [6.07, 6.45) is 58.4. The highest BCUT2D eigenvalue weighted by Gasteiger charge is 2.49. The Morgan fingerprint density at radius 3 is 0.784 bits per heavy atom. The molecule has 0 aliphatic heterocycles. The summed E-state index contributed by atoms with van der Waals surface area (Å²) in [5.41, 5.74) is 8.96. The molecule has 0 aromatic carbocycles. The van der Waals surface area contributed by atoms with Crippen LogP contribution in [0.2, 0.25) is 0 Å². The Morgan fingerprint density at radius 1 is 0.278 bits per heavy atom. The summed E-state index contributed by atoms with van der Waals surface area (Å²) in [5, 5.41) is 0. The molecule has 0 aromatic rings. The van der Waals surface area contributed by atoms with Gasteiger partial charge in [0.05, 0.1) is 0 Å². The SMILES string of the molecule is CC1(C)CC(C)(C)CC(C)(C)C1.CC1CC(C)(C)CC(C)(C)C1.CC1CCC2(CC1)CC(C)(C)CC(C)(C)C2.CC1CCC2(CC1)CCC(C)(C)CC2.CC1CCC2(CCCC2)CC1.CC1CCC2(CCCCC2)CC1.CCC1CC(C)(C)CC(C)(C)C1.CC[C@H](C)CC(F)(F)F. The molecule has 0 heterocycles. The van der Waals surface area contributed by atoms with Gasteiger partial charge in [-0.15, -0.1) is 0 Å². The minimum Gasteiger partial charge on any atom is -0.171 e. The van der Waals surface area contributed by atoms with Gasteiger partial charge in [-0.1, -0.05) is 290 Å². The molecular weight excluding hydrogens is 1190 g/mol. The molecule has 576 valence electrons. The predicted octanol–water partition coefficient (Wildman–Crippen LogP) is 33.4. The van der Waals surface area contributed by atoms with E-state index in [9.17, 15) is 13.2 Å². The molecule has 4 spiro atoms. The summed E-state index contributed by atoms with van der Waals surface area (Å²) in [7, 11) is 0. The molecule has 11 aliphatic carbocycles. The maximum atomic E-state index is 11.5. The summed E-state index contributed by atoms with van der Waals surface area (Å²) in [5.74, 6) is 5.72. The molecule has 0 unspecified atom stereocenters. The zero-order valence-corrected chi connectivity index (χ0v) is 71.8. The second-order valence-electron chi connectivity index (χ2n) is 47.1. The predicted molar refractivity (Wildman–Crippen MR) is 427 cm³/mol. The Morgan fingerprint density at radius 2 is 0.526 bits per heavy atom. The minimum absolute atomic E-state index is 0.231. The van der Waals surface area contributed by atoms with E-state index in [2.05, 4.69) is 180 Å². The van der Waals surface area contributed by atoms with Crippen molar-refractivity contribution in [3.05, 3.63) is 0 Å². The van der Waals surface area contributed by atoms with Crippen LogP contribution in [0.4, 0.5) is 13.2 Å². The molecule has 11 fully saturated rings. The minimum atomic E-state index is -3.98. The molecule has 0 radical (unpaired) electrons. The molecule has 1 atom stereocenters. The second-order valence-corrected chi connectivity index (χ2v) is 47.1. The van der Waals surface area contributed by atoms with Crippen LogP contribution in [0.1, 0.15) is 476 Å². The molecule has 3 heteroatoms. The first-order valence-electron chi connectivity index (χ1n) is 43.2. The zero-order valence-electron chi connectivity index (χ0n) is 71.8. The Hall–Kier alpha value is -0.210. The quantitative estimate of drug-likeness (QED) is 0.264. The van der Waals surface area contributed by atoms with E-state index in [-0.39, 0.29) is 5.92 Å². The maximum Gasteiger partial charge on any atom is 0.389 e. The van der Waals surface area contributed by atoms with Crippen molar-refractivity contribution in [3.63, 3.8) is 0 Å². The molecule has 11 saturated carbocycles. The van der Waals surface area contributed by atoms with E-state index >= 15 is 0 Å². The largest absolute Gasteiger partial charge is 0.389 e. The monoisotopic (exact) mass is 1370 g/mol. The van der Waals surface area contributed by atoms with E-state index in [1.54, 1.807) is 65.2 Å². The molecule has 97 heavy (non-hydrogen) atoms. The lowest BCUT2D eigenvalue weighted by Crippen LogP contribution is -2.43. The van der Waals surface area contributed by atoms with Crippen molar-refractivity contribution in [2.45, 2.75) is 483 Å². The Bertz CT molecular complexity index is 2060. The summed E-state index contributed by atoms with van der Waals surface area (Å²) in [6, 6.07) is 0. The van der Waals surface area contributed by atoms with Crippen LogP contribution in [0.15, 0.2) is 0 Å².